The number of allylic oxidation sites excluding steroid dienone is 1. The number of nitrogens with one attached hydrogen (secondary N) is 1. The third-order valence-electron chi connectivity index (χ3n) is 1.69. The molecule has 1 aliphatic carbocycles. The second-order valence-electron chi connectivity index (χ2n) is 2.95. The molecule has 0 amide bonds. The molecule has 0 saturated heterocycles. The van der Waals surface area contributed by atoms with Crippen LogP contribution < -0.4 is 11.1 Å². The molecular weight excluding hydrogens is 124 g/mol. The predicted octanol–water partition coefficient (Wildman–Crippen LogP) is 0.767. The Morgan fingerprint density at radius 1 is 1.70 bits per heavy atom. The van der Waals surface area contributed by atoms with Crippen LogP contribution in [-0.2, 0) is 0 Å². The molecule has 2 nitrogen and oxygen atoms in total. The van der Waals surface area contributed by atoms with Crippen LogP contribution in [0, 0.1) is 0 Å². The van der Waals surface area contributed by atoms with Crippen molar-refractivity contribution in [2.45, 2.75) is 18.9 Å². The molecule has 0 fully saturated rings. The van der Waals surface area contributed by atoms with Gasteiger partial charge in [0.15, 0.2) is 0 Å². The molecule has 1 unspecified atom stereocenters. The Labute approximate surface area is 61.8 Å². The third-order valence-corrected chi connectivity index (χ3v) is 1.69. The quantitative estimate of drug-likeness (QED) is 0.561. The summed E-state index contributed by atoms with van der Waals surface area (Å²) in [4.78, 5) is 0. The standard InChI is InChI=1S/C8H14N2/c1-8(9)5-3-7(10-2)4-6-8/h3-5,10H,6,9H2,1-2H3. The van der Waals surface area contributed by atoms with E-state index in [9.17, 15) is 0 Å². The van der Waals surface area contributed by atoms with Crippen molar-refractivity contribution in [3.05, 3.63) is 23.9 Å². The highest BCUT2D eigenvalue weighted by molar-refractivity contribution is 5.26. The van der Waals surface area contributed by atoms with Crippen molar-refractivity contribution in [2.75, 3.05) is 7.05 Å². The van der Waals surface area contributed by atoms with Crippen LogP contribution in [0.4, 0.5) is 0 Å². The van der Waals surface area contributed by atoms with E-state index in [-0.39, 0.29) is 5.54 Å². The number of rotatable bonds is 1. The second kappa shape index (κ2) is 2.46. The van der Waals surface area contributed by atoms with Crippen LogP contribution in [0.15, 0.2) is 23.9 Å². The van der Waals surface area contributed by atoms with E-state index in [1.807, 2.05) is 26.1 Å². The van der Waals surface area contributed by atoms with Gasteiger partial charge in [0.05, 0.1) is 0 Å². The van der Waals surface area contributed by atoms with Crippen LogP contribution in [0.5, 0.6) is 0 Å². The van der Waals surface area contributed by atoms with Gasteiger partial charge in [-0.25, -0.2) is 0 Å². The van der Waals surface area contributed by atoms with Crippen LogP contribution >= 0.6 is 0 Å². The van der Waals surface area contributed by atoms with E-state index in [1.54, 1.807) is 0 Å². The van der Waals surface area contributed by atoms with Crippen molar-refractivity contribution >= 4 is 0 Å². The molecule has 1 rings (SSSR count). The van der Waals surface area contributed by atoms with E-state index in [1.165, 1.54) is 0 Å². The Bertz CT molecular complexity index is 178. The molecule has 3 N–H and O–H groups in total. The molecule has 2 heteroatoms. The fourth-order valence-corrected chi connectivity index (χ4v) is 0.931. The van der Waals surface area contributed by atoms with Crippen molar-refractivity contribution in [2.24, 2.45) is 5.73 Å². The van der Waals surface area contributed by atoms with Crippen molar-refractivity contribution in [1.82, 2.24) is 5.32 Å². The van der Waals surface area contributed by atoms with Gasteiger partial charge >= 0.3 is 0 Å². The maximum absolute atomic E-state index is 5.84. The summed E-state index contributed by atoms with van der Waals surface area (Å²) in [5.74, 6) is 0. The number of hydrogen-bond acceptors (Lipinski definition) is 2. The minimum Gasteiger partial charge on any atom is -0.388 e. The highest BCUT2D eigenvalue weighted by atomic mass is 14.8. The SMILES string of the molecule is CNC1=CCC(C)(N)C=C1. The van der Waals surface area contributed by atoms with Gasteiger partial charge < -0.3 is 11.1 Å². The van der Waals surface area contributed by atoms with Crippen molar-refractivity contribution in [1.29, 1.82) is 0 Å². The van der Waals surface area contributed by atoms with Crippen LogP contribution in [0.2, 0.25) is 0 Å². The molecule has 56 valence electrons. The summed E-state index contributed by atoms with van der Waals surface area (Å²) in [6.45, 7) is 2.02. The lowest BCUT2D eigenvalue weighted by Gasteiger charge is -2.22. The Kier molecular flexibility index (Phi) is 1.81. The molecule has 0 aromatic carbocycles. The first kappa shape index (κ1) is 7.35. The van der Waals surface area contributed by atoms with Crippen molar-refractivity contribution in [3.8, 4) is 0 Å². The van der Waals surface area contributed by atoms with Gasteiger partial charge in [-0.05, 0) is 19.4 Å². The molecule has 0 aromatic heterocycles. The summed E-state index contributed by atoms with van der Waals surface area (Å²) < 4.78 is 0. The monoisotopic (exact) mass is 138 g/mol. The summed E-state index contributed by atoms with van der Waals surface area (Å²) in [5.41, 5.74) is 6.85. The lowest BCUT2D eigenvalue weighted by molar-refractivity contribution is 0.583. The largest absolute Gasteiger partial charge is 0.388 e. The Morgan fingerprint density at radius 2 is 2.40 bits per heavy atom. The van der Waals surface area contributed by atoms with Crippen molar-refractivity contribution < 1.29 is 0 Å². The molecule has 10 heavy (non-hydrogen) atoms. The molecule has 0 radical (unpaired) electrons. The lowest BCUT2D eigenvalue weighted by atomic mass is 9.94. The van der Waals surface area contributed by atoms with E-state index in [0.29, 0.717) is 0 Å². The summed E-state index contributed by atoms with van der Waals surface area (Å²) in [7, 11) is 1.91. The number of likely N-dealkylation sites (N-methyl/N-ethyl adjacent to an activating group) is 1. The molecular formula is C8H14N2. The Balaban J connectivity index is 2.63. The molecule has 0 bridgehead atoms. The summed E-state index contributed by atoms with van der Waals surface area (Å²) in [5, 5.41) is 3.06. The number of hydrogen-bond donors (Lipinski definition) is 2. The summed E-state index contributed by atoms with van der Waals surface area (Å²) >= 11 is 0. The topological polar surface area (TPSA) is 38.0 Å². The average molecular weight is 138 g/mol. The predicted molar refractivity (Wildman–Crippen MR) is 43.5 cm³/mol. The van der Waals surface area contributed by atoms with Crippen LogP contribution in [0.1, 0.15) is 13.3 Å². The second-order valence-corrected chi connectivity index (χ2v) is 2.95. The highest BCUT2D eigenvalue weighted by Gasteiger charge is 2.15. The molecule has 0 spiro atoms. The zero-order valence-electron chi connectivity index (χ0n) is 6.52. The zero-order chi connectivity index (χ0) is 7.61. The van der Waals surface area contributed by atoms with Gasteiger partial charge in [-0.3, -0.25) is 0 Å². The molecule has 0 aromatic rings. The van der Waals surface area contributed by atoms with E-state index in [0.717, 1.165) is 12.1 Å². The van der Waals surface area contributed by atoms with Crippen LogP contribution in [0.25, 0.3) is 0 Å². The lowest BCUT2D eigenvalue weighted by Crippen LogP contribution is -2.34. The third kappa shape index (κ3) is 1.61. The fraction of sp³-hybridized carbons (Fsp3) is 0.500. The minimum absolute atomic E-state index is 0.139. The van der Waals surface area contributed by atoms with E-state index in [4.69, 9.17) is 5.73 Å². The smallest absolute Gasteiger partial charge is 0.0350 e. The molecule has 0 saturated carbocycles. The highest BCUT2D eigenvalue weighted by Crippen LogP contribution is 2.15. The van der Waals surface area contributed by atoms with Gasteiger partial charge in [0.25, 0.3) is 0 Å². The molecule has 1 atom stereocenters. The zero-order valence-corrected chi connectivity index (χ0v) is 6.52. The van der Waals surface area contributed by atoms with Crippen LogP contribution in [0.3, 0.4) is 0 Å². The van der Waals surface area contributed by atoms with Gasteiger partial charge in [0.2, 0.25) is 0 Å². The van der Waals surface area contributed by atoms with Gasteiger partial charge in [0, 0.05) is 18.3 Å². The molecule has 1 aliphatic rings. The number of nitrogens with two attached hydrogens (primary N) is 1. The average Bonchev–Trinajstić information content (AvgIpc) is 1.88. The van der Waals surface area contributed by atoms with E-state index < -0.39 is 0 Å². The Morgan fingerprint density at radius 3 is 2.80 bits per heavy atom. The first-order chi connectivity index (χ1) is 4.64. The first-order valence-corrected chi connectivity index (χ1v) is 3.50. The van der Waals surface area contributed by atoms with Crippen molar-refractivity contribution in [3.63, 3.8) is 0 Å². The van der Waals surface area contributed by atoms with Gasteiger partial charge in [-0.15, -0.1) is 0 Å². The maximum Gasteiger partial charge on any atom is 0.0350 e. The van der Waals surface area contributed by atoms with E-state index >= 15 is 0 Å². The van der Waals surface area contributed by atoms with E-state index in [2.05, 4.69) is 11.4 Å². The summed E-state index contributed by atoms with van der Waals surface area (Å²) in [6, 6.07) is 0. The van der Waals surface area contributed by atoms with Crippen LogP contribution in [-0.4, -0.2) is 12.6 Å². The molecule has 0 aliphatic heterocycles. The fourth-order valence-electron chi connectivity index (χ4n) is 0.931. The Hall–Kier alpha value is -0.760. The first-order valence-electron chi connectivity index (χ1n) is 3.50. The van der Waals surface area contributed by atoms with Gasteiger partial charge in [-0.1, -0.05) is 12.2 Å². The minimum atomic E-state index is -0.139. The van der Waals surface area contributed by atoms with Gasteiger partial charge in [0.1, 0.15) is 0 Å². The summed E-state index contributed by atoms with van der Waals surface area (Å²) in [6.07, 6.45) is 7.07. The maximum atomic E-state index is 5.84. The van der Waals surface area contributed by atoms with Gasteiger partial charge in [-0.2, -0.15) is 0 Å². The molecule has 0 heterocycles. The normalized spacial score (nSPS) is 31.7.